The third-order valence-corrected chi connectivity index (χ3v) is 7.26. The smallest absolute Gasteiger partial charge is 0.337 e. The average Bonchev–Trinajstić information content (AvgIpc) is 2.75. The van der Waals surface area contributed by atoms with Crippen LogP contribution in [0.15, 0.2) is 0 Å². The highest BCUT2D eigenvalue weighted by Gasteiger charge is 2.29. The molecule has 188 valence electrons. The number of halogens is 3. The molecule has 0 saturated carbocycles. The van der Waals surface area contributed by atoms with Crippen molar-refractivity contribution in [2.45, 2.75) is 31.3 Å². The van der Waals surface area contributed by atoms with Crippen LogP contribution in [0.2, 0.25) is 0 Å². The fourth-order valence-corrected chi connectivity index (χ4v) is 6.74. The molecule has 9 N–H and O–H groups in total. The number of aliphatic hydroxyl groups excluding tert-OH is 5. The summed E-state index contributed by atoms with van der Waals surface area (Å²) in [5, 5.41) is 61.8. The van der Waals surface area contributed by atoms with Crippen molar-refractivity contribution in [3.05, 3.63) is 21.8 Å². The molecule has 2 amide bonds. The van der Waals surface area contributed by atoms with Crippen molar-refractivity contribution in [2.75, 3.05) is 32.6 Å². The molecule has 0 aliphatic carbocycles. The number of nitrogens with one attached hydrogen (secondary N) is 3. The quantitative estimate of drug-likeness (QED) is 0.141. The lowest BCUT2D eigenvalue weighted by Gasteiger charge is -2.25. The Kier molecular flexibility index (Phi) is 15.4. The average molecular weight is 809 g/mol. The highest BCUT2D eigenvalue weighted by Crippen LogP contribution is 2.35. The van der Waals surface area contributed by atoms with Gasteiger partial charge in [0.15, 0.2) is 0 Å². The zero-order valence-corrected chi connectivity index (χ0v) is 24.2. The van der Waals surface area contributed by atoms with Crippen LogP contribution in [0.5, 0.6) is 0 Å². The molecule has 15 heteroatoms. The van der Waals surface area contributed by atoms with Gasteiger partial charge >= 0.3 is 5.97 Å². The number of hydrogen-bond donors (Lipinski definition) is 9. The number of benzene rings is 1. The number of aromatic carboxylic acids is 1. The van der Waals surface area contributed by atoms with Crippen molar-refractivity contribution in [1.82, 2.24) is 10.6 Å². The minimum Gasteiger partial charge on any atom is -0.478 e. The lowest BCUT2D eigenvalue weighted by Crippen LogP contribution is -2.48. The van der Waals surface area contributed by atoms with E-state index in [1.54, 1.807) is 7.05 Å². The Labute approximate surface area is 231 Å². The van der Waals surface area contributed by atoms with E-state index in [9.17, 15) is 24.6 Å². The van der Waals surface area contributed by atoms with E-state index in [-0.39, 0.29) is 23.6 Å². The highest BCUT2D eigenvalue weighted by atomic mass is 127. The summed E-state index contributed by atoms with van der Waals surface area (Å²) in [6, 6.07) is 0. The van der Waals surface area contributed by atoms with Gasteiger partial charge in [0, 0.05) is 24.1 Å². The third kappa shape index (κ3) is 9.28. The molecule has 0 aliphatic heterocycles. The normalized spacial score (nSPS) is 14.3. The fourth-order valence-electron chi connectivity index (χ4n) is 2.36. The van der Waals surface area contributed by atoms with Crippen molar-refractivity contribution in [1.29, 1.82) is 0 Å². The van der Waals surface area contributed by atoms with Crippen molar-refractivity contribution >= 4 is 91.2 Å². The van der Waals surface area contributed by atoms with E-state index < -0.39 is 42.9 Å². The zero-order valence-electron chi connectivity index (χ0n) is 17.8. The molecule has 33 heavy (non-hydrogen) atoms. The second kappa shape index (κ2) is 15.5. The summed E-state index contributed by atoms with van der Waals surface area (Å²) in [7, 11) is 3.04. The molecule has 0 radical (unpaired) electrons. The predicted molar refractivity (Wildman–Crippen MR) is 144 cm³/mol. The SMILES string of the molecule is CNC(=O)c1c(I)c(NC(C)=O)c(I)c(C(=O)O)c1I.CNCC(O)C(O)C(O)C(O)CO. The second-order valence-electron chi connectivity index (χ2n) is 6.49. The van der Waals surface area contributed by atoms with E-state index in [4.69, 9.17) is 20.4 Å². The molecule has 0 heterocycles. The largest absolute Gasteiger partial charge is 0.478 e. The van der Waals surface area contributed by atoms with Crippen LogP contribution in [0.1, 0.15) is 27.6 Å². The van der Waals surface area contributed by atoms with E-state index >= 15 is 0 Å². The molecule has 1 aromatic carbocycles. The summed E-state index contributed by atoms with van der Waals surface area (Å²) in [4.78, 5) is 34.6. The molecule has 1 aromatic rings. The maximum absolute atomic E-state index is 12.0. The standard InChI is InChI=1S/C11H9I3N2O4.C7H17NO5/c1-3(17)16-9-7(13)4(10(18)15-2)6(12)5(8(9)14)11(19)20;1-8-2-4(10)6(12)7(13)5(11)3-9/h1-2H3,(H,15,18)(H,16,17)(H,19,20);4-13H,2-3H2,1H3. The van der Waals surface area contributed by atoms with Gasteiger partial charge in [0.05, 0.1) is 36.7 Å². The minimum atomic E-state index is -1.55. The van der Waals surface area contributed by atoms with E-state index in [0.717, 1.165) is 0 Å². The Morgan fingerprint density at radius 3 is 1.76 bits per heavy atom. The maximum atomic E-state index is 12.0. The first-order chi connectivity index (χ1) is 15.3. The number of aliphatic hydroxyl groups is 5. The van der Waals surface area contributed by atoms with Gasteiger partial charge in [-0.05, 0) is 74.8 Å². The summed E-state index contributed by atoms with van der Waals surface area (Å²) in [6.45, 7) is 0.755. The van der Waals surface area contributed by atoms with Gasteiger partial charge in [-0.15, -0.1) is 0 Å². The van der Waals surface area contributed by atoms with Gasteiger partial charge in [0.2, 0.25) is 5.91 Å². The van der Waals surface area contributed by atoms with Gasteiger partial charge in [-0.2, -0.15) is 0 Å². The summed E-state index contributed by atoms with van der Waals surface area (Å²) in [5.41, 5.74) is 0.597. The van der Waals surface area contributed by atoms with Crippen LogP contribution in [-0.2, 0) is 4.79 Å². The number of amides is 2. The van der Waals surface area contributed by atoms with Gasteiger partial charge in [-0.3, -0.25) is 9.59 Å². The van der Waals surface area contributed by atoms with Crippen LogP contribution in [0.3, 0.4) is 0 Å². The molecule has 0 bridgehead atoms. The highest BCUT2D eigenvalue weighted by molar-refractivity contribution is 14.1. The van der Waals surface area contributed by atoms with E-state index in [0.29, 0.717) is 16.4 Å². The molecular weight excluding hydrogens is 783 g/mol. The second-order valence-corrected chi connectivity index (χ2v) is 9.72. The van der Waals surface area contributed by atoms with Crippen LogP contribution in [0.25, 0.3) is 0 Å². The number of anilines is 1. The summed E-state index contributed by atoms with van der Waals surface area (Å²) in [5.74, 6) is -1.88. The zero-order chi connectivity index (χ0) is 26.0. The molecule has 0 fully saturated rings. The summed E-state index contributed by atoms with van der Waals surface area (Å²) >= 11 is 5.61. The molecule has 4 atom stereocenters. The Bertz CT molecular complexity index is 857. The number of carbonyl (C=O) groups excluding carboxylic acids is 2. The first-order valence-corrected chi connectivity index (χ1v) is 12.4. The van der Waals surface area contributed by atoms with Crippen molar-refractivity contribution in [3.63, 3.8) is 0 Å². The van der Waals surface area contributed by atoms with Crippen LogP contribution in [0.4, 0.5) is 5.69 Å². The monoisotopic (exact) mass is 809 g/mol. The van der Waals surface area contributed by atoms with Crippen LogP contribution < -0.4 is 16.0 Å². The van der Waals surface area contributed by atoms with E-state index in [1.165, 1.54) is 14.0 Å². The molecule has 12 nitrogen and oxygen atoms in total. The maximum Gasteiger partial charge on any atom is 0.337 e. The number of likely N-dealkylation sites (N-methyl/N-ethyl adjacent to an activating group) is 1. The predicted octanol–water partition coefficient (Wildman–Crippen LogP) is -0.842. The summed E-state index contributed by atoms with van der Waals surface area (Å²) in [6.07, 6.45) is -5.65. The van der Waals surface area contributed by atoms with E-state index in [1.807, 2.05) is 67.8 Å². The number of carboxylic acid groups (broad SMARTS) is 1. The van der Waals surface area contributed by atoms with Gasteiger partial charge in [0.1, 0.15) is 18.3 Å². The molecule has 0 saturated heterocycles. The third-order valence-electron chi connectivity index (χ3n) is 4.02. The van der Waals surface area contributed by atoms with Crippen LogP contribution in [-0.4, -0.2) is 100 Å². The molecule has 0 aliphatic rings. The Hall–Kier alpha value is -0.420. The van der Waals surface area contributed by atoms with Gasteiger partial charge < -0.3 is 46.6 Å². The Morgan fingerprint density at radius 2 is 1.36 bits per heavy atom. The van der Waals surface area contributed by atoms with E-state index in [2.05, 4.69) is 16.0 Å². The van der Waals surface area contributed by atoms with Crippen LogP contribution >= 0.6 is 67.8 Å². The van der Waals surface area contributed by atoms with Gasteiger partial charge in [-0.25, -0.2) is 4.79 Å². The first kappa shape index (κ1) is 32.6. The minimum absolute atomic E-state index is 0.00830. The fraction of sp³-hybridized carbons (Fsp3) is 0.500. The molecule has 1 rings (SSSR count). The number of hydrogen-bond acceptors (Lipinski definition) is 9. The number of rotatable bonds is 9. The lowest BCUT2D eigenvalue weighted by atomic mass is 10.0. The van der Waals surface area contributed by atoms with Crippen molar-refractivity contribution in [3.8, 4) is 0 Å². The van der Waals surface area contributed by atoms with Gasteiger partial charge in [0.25, 0.3) is 5.91 Å². The molecule has 0 spiro atoms. The molecule has 4 unspecified atom stereocenters. The topological polar surface area (TPSA) is 209 Å². The number of carbonyl (C=O) groups is 3. The lowest BCUT2D eigenvalue weighted by molar-refractivity contribution is -0.114. The Balaban J connectivity index is 0.000000684. The summed E-state index contributed by atoms with van der Waals surface area (Å²) < 4.78 is 1.25. The van der Waals surface area contributed by atoms with Crippen molar-refractivity contribution < 1.29 is 45.0 Å². The first-order valence-electron chi connectivity index (χ1n) is 9.17. The van der Waals surface area contributed by atoms with Gasteiger partial charge in [-0.1, -0.05) is 0 Å². The molecular formula is C18H26I3N3O9. The Morgan fingerprint density at radius 1 is 0.879 bits per heavy atom. The number of carboxylic acids is 1. The molecule has 0 aromatic heterocycles. The van der Waals surface area contributed by atoms with Crippen LogP contribution in [0, 0.1) is 10.7 Å². The van der Waals surface area contributed by atoms with Crippen molar-refractivity contribution in [2.24, 2.45) is 0 Å².